The molecule has 0 bridgehead atoms. The van der Waals surface area contributed by atoms with E-state index in [0.29, 0.717) is 44.0 Å². The first kappa shape index (κ1) is 19.7. The minimum atomic E-state index is 0.322. The molecule has 0 atom stereocenters. The molecule has 0 spiro atoms. The molecule has 1 aliphatic rings. The minimum absolute atomic E-state index is 0.322. The predicted octanol–water partition coefficient (Wildman–Crippen LogP) is 2.36. The second-order valence-electron chi connectivity index (χ2n) is 6.68. The first-order valence-corrected chi connectivity index (χ1v) is 9.95. The van der Waals surface area contributed by atoms with Crippen molar-refractivity contribution in [2.75, 3.05) is 44.9 Å². The molecule has 8 nitrogen and oxygen atoms in total. The molecule has 1 fully saturated rings. The summed E-state index contributed by atoms with van der Waals surface area (Å²) in [5.74, 6) is 4.07. The van der Waals surface area contributed by atoms with Gasteiger partial charge in [0.15, 0.2) is 5.82 Å². The lowest BCUT2D eigenvalue weighted by atomic mass is 10.1. The molecule has 0 amide bonds. The van der Waals surface area contributed by atoms with Gasteiger partial charge in [0.1, 0.15) is 0 Å². The van der Waals surface area contributed by atoms with Crippen LogP contribution in [0.2, 0.25) is 0 Å². The third-order valence-corrected chi connectivity index (χ3v) is 4.62. The van der Waals surface area contributed by atoms with Crippen molar-refractivity contribution in [3.05, 3.63) is 42.6 Å². The Bertz CT molecular complexity index is 1080. The van der Waals surface area contributed by atoms with Crippen LogP contribution in [0.4, 0.5) is 5.95 Å². The first-order valence-electron chi connectivity index (χ1n) is 9.95. The summed E-state index contributed by atoms with van der Waals surface area (Å²) in [6.07, 6.45) is 6.38. The highest BCUT2D eigenvalue weighted by molar-refractivity contribution is 5.83. The van der Waals surface area contributed by atoms with E-state index in [0.717, 1.165) is 29.6 Å². The number of hydrogen-bond donors (Lipinski definition) is 2. The van der Waals surface area contributed by atoms with Gasteiger partial charge in [-0.25, -0.2) is 0 Å². The number of aromatic nitrogens is 4. The van der Waals surface area contributed by atoms with Crippen LogP contribution in [-0.2, 0) is 4.74 Å². The van der Waals surface area contributed by atoms with Gasteiger partial charge in [-0.3, -0.25) is 0 Å². The van der Waals surface area contributed by atoms with E-state index < -0.39 is 0 Å². The third-order valence-electron chi connectivity index (χ3n) is 4.62. The Balaban J connectivity index is 1.56. The molecule has 3 aromatic rings. The van der Waals surface area contributed by atoms with Crippen LogP contribution in [0.5, 0.6) is 6.01 Å². The highest BCUT2D eigenvalue weighted by Gasteiger charge is 2.18. The lowest BCUT2D eigenvalue weighted by Crippen LogP contribution is -2.37. The SMILES string of the molecule is CNC#CC=CCCOc1nc(-c2ccc3cc[nH]c3c2)nc(N2CCOCC2)n1. The highest BCUT2D eigenvalue weighted by atomic mass is 16.5. The molecule has 0 radical (unpaired) electrons. The molecule has 0 saturated carbocycles. The Morgan fingerprint density at radius 3 is 3.00 bits per heavy atom. The summed E-state index contributed by atoms with van der Waals surface area (Å²) in [5.41, 5.74) is 1.95. The smallest absolute Gasteiger partial charge is 0.321 e. The number of nitrogens with zero attached hydrogens (tertiary/aromatic N) is 4. The van der Waals surface area contributed by atoms with Gasteiger partial charge in [-0.15, -0.1) is 0 Å². The van der Waals surface area contributed by atoms with E-state index in [1.54, 1.807) is 13.1 Å². The van der Waals surface area contributed by atoms with Crippen molar-refractivity contribution in [3.63, 3.8) is 0 Å². The molecule has 3 heterocycles. The first-order chi connectivity index (χ1) is 14.8. The topological polar surface area (TPSA) is 88.2 Å². The van der Waals surface area contributed by atoms with Crippen molar-refractivity contribution in [1.29, 1.82) is 0 Å². The number of ether oxygens (including phenoxy) is 2. The lowest BCUT2D eigenvalue weighted by Gasteiger charge is -2.27. The normalized spacial score (nSPS) is 14.0. The molecule has 154 valence electrons. The number of rotatable bonds is 6. The molecular weight excluding hydrogens is 380 g/mol. The summed E-state index contributed by atoms with van der Waals surface area (Å²) < 4.78 is 11.3. The van der Waals surface area contributed by atoms with Gasteiger partial charge in [-0.1, -0.05) is 24.1 Å². The number of allylic oxidation sites excluding steroid dienone is 1. The number of hydrogen-bond acceptors (Lipinski definition) is 7. The monoisotopic (exact) mass is 404 g/mol. The van der Waals surface area contributed by atoms with Gasteiger partial charge in [-0.05, 0) is 23.6 Å². The van der Waals surface area contributed by atoms with Crippen LogP contribution < -0.4 is 15.0 Å². The number of anilines is 1. The van der Waals surface area contributed by atoms with E-state index in [2.05, 4.69) is 43.2 Å². The maximum Gasteiger partial charge on any atom is 0.321 e. The van der Waals surface area contributed by atoms with Crippen LogP contribution in [0.15, 0.2) is 42.6 Å². The molecule has 8 heteroatoms. The Labute approximate surface area is 175 Å². The second-order valence-corrected chi connectivity index (χ2v) is 6.68. The van der Waals surface area contributed by atoms with Crippen LogP contribution in [-0.4, -0.2) is 59.9 Å². The molecule has 0 unspecified atom stereocenters. The number of nitrogens with one attached hydrogen (secondary N) is 2. The molecule has 2 N–H and O–H groups in total. The lowest BCUT2D eigenvalue weighted by molar-refractivity contribution is 0.122. The van der Waals surface area contributed by atoms with Crippen molar-refractivity contribution in [1.82, 2.24) is 25.3 Å². The van der Waals surface area contributed by atoms with Crippen molar-refractivity contribution < 1.29 is 9.47 Å². The predicted molar refractivity (Wildman–Crippen MR) is 116 cm³/mol. The Hall–Kier alpha value is -3.57. The molecular formula is C22H24N6O2. The maximum absolute atomic E-state index is 5.84. The summed E-state index contributed by atoms with van der Waals surface area (Å²) in [4.78, 5) is 19.1. The summed E-state index contributed by atoms with van der Waals surface area (Å²) >= 11 is 0. The van der Waals surface area contributed by atoms with Crippen molar-refractivity contribution >= 4 is 16.9 Å². The maximum atomic E-state index is 5.84. The fraction of sp³-hybridized carbons (Fsp3) is 0.318. The van der Waals surface area contributed by atoms with Crippen molar-refractivity contribution in [3.8, 4) is 29.4 Å². The second kappa shape index (κ2) is 9.76. The van der Waals surface area contributed by atoms with Crippen LogP contribution in [0.25, 0.3) is 22.3 Å². The van der Waals surface area contributed by atoms with Gasteiger partial charge in [0.25, 0.3) is 0 Å². The van der Waals surface area contributed by atoms with Gasteiger partial charge in [-0.2, -0.15) is 15.0 Å². The number of aromatic amines is 1. The van der Waals surface area contributed by atoms with Gasteiger partial charge in [0, 0.05) is 49.9 Å². The zero-order chi connectivity index (χ0) is 20.6. The Morgan fingerprint density at radius 2 is 2.13 bits per heavy atom. The van der Waals surface area contributed by atoms with E-state index >= 15 is 0 Å². The minimum Gasteiger partial charge on any atom is -0.463 e. The largest absolute Gasteiger partial charge is 0.463 e. The number of fused-ring (bicyclic) bond motifs is 1. The van der Waals surface area contributed by atoms with Gasteiger partial charge in [0.2, 0.25) is 5.95 Å². The zero-order valence-electron chi connectivity index (χ0n) is 16.9. The summed E-state index contributed by atoms with van der Waals surface area (Å²) in [6.45, 7) is 3.25. The summed E-state index contributed by atoms with van der Waals surface area (Å²) in [6, 6.07) is 11.2. The van der Waals surface area contributed by atoms with Gasteiger partial charge in [0.05, 0.1) is 19.8 Å². The fourth-order valence-electron chi connectivity index (χ4n) is 3.11. The number of H-pyrrole nitrogens is 1. The van der Waals surface area contributed by atoms with E-state index in [9.17, 15) is 0 Å². The third kappa shape index (κ3) is 4.88. The molecule has 0 aliphatic carbocycles. The van der Waals surface area contributed by atoms with Crippen LogP contribution in [0, 0.1) is 12.0 Å². The molecule has 2 aromatic heterocycles. The number of morpholine rings is 1. The molecule has 4 rings (SSSR count). The standard InChI is InChI=1S/C22H24N6O2/c1-23-9-4-2-3-5-13-30-22-26-20(18-7-6-17-8-10-24-19(17)16-18)25-21(27-22)28-11-14-29-15-12-28/h2-3,6-8,10,16,23-24H,5,11-15H2,1H3. The van der Waals surface area contributed by atoms with Crippen molar-refractivity contribution in [2.24, 2.45) is 0 Å². The Morgan fingerprint density at radius 1 is 1.23 bits per heavy atom. The van der Waals surface area contributed by atoms with Crippen LogP contribution in [0.3, 0.4) is 0 Å². The fourth-order valence-corrected chi connectivity index (χ4v) is 3.11. The zero-order valence-corrected chi connectivity index (χ0v) is 16.9. The van der Waals surface area contributed by atoms with E-state index in [4.69, 9.17) is 14.5 Å². The van der Waals surface area contributed by atoms with Gasteiger partial charge >= 0.3 is 6.01 Å². The molecule has 1 aliphatic heterocycles. The summed E-state index contributed by atoms with van der Waals surface area (Å²) in [7, 11) is 1.78. The molecule has 30 heavy (non-hydrogen) atoms. The molecule has 1 aromatic carbocycles. The average Bonchev–Trinajstić information content (AvgIpc) is 3.27. The van der Waals surface area contributed by atoms with Gasteiger partial charge < -0.3 is 24.7 Å². The van der Waals surface area contributed by atoms with Crippen molar-refractivity contribution in [2.45, 2.75) is 6.42 Å². The van der Waals surface area contributed by atoms with Crippen LogP contribution >= 0.6 is 0 Å². The van der Waals surface area contributed by atoms with E-state index in [1.807, 2.05) is 30.5 Å². The van der Waals surface area contributed by atoms with E-state index in [-0.39, 0.29) is 0 Å². The highest BCUT2D eigenvalue weighted by Crippen LogP contribution is 2.24. The summed E-state index contributed by atoms with van der Waals surface area (Å²) in [5, 5.41) is 3.91. The number of benzene rings is 1. The van der Waals surface area contributed by atoms with E-state index in [1.165, 1.54) is 0 Å². The Kier molecular flexibility index (Phi) is 6.42. The average molecular weight is 404 g/mol. The molecule has 1 saturated heterocycles. The van der Waals surface area contributed by atoms with Crippen LogP contribution in [0.1, 0.15) is 6.42 Å². The quantitative estimate of drug-likeness (QED) is 0.370.